The molecule has 0 radical (unpaired) electrons. The zero-order valence-electron chi connectivity index (χ0n) is 10.1. The maximum Gasteiger partial charge on any atom is 0.150 e. The van der Waals surface area contributed by atoms with Gasteiger partial charge in [-0.25, -0.2) is 9.37 Å². The zero-order chi connectivity index (χ0) is 11.9. The van der Waals surface area contributed by atoms with Crippen molar-refractivity contribution in [2.45, 2.75) is 39.5 Å². The predicted molar refractivity (Wildman–Crippen MR) is 67.7 cm³/mol. The van der Waals surface area contributed by atoms with Crippen LogP contribution in [0.1, 0.15) is 38.3 Å². The molecule has 0 N–H and O–H groups in total. The molecule has 0 saturated heterocycles. The average molecular weight is 237 g/mol. The van der Waals surface area contributed by atoms with E-state index in [4.69, 9.17) is 0 Å². The van der Waals surface area contributed by atoms with Gasteiger partial charge in [0.1, 0.15) is 5.52 Å². The first-order valence-corrected chi connectivity index (χ1v) is 6.33. The smallest absolute Gasteiger partial charge is 0.150 e. The molecule has 0 bridgehead atoms. The number of fused-ring (bicyclic) bond motifs is 1. The van der Waals surface area contributed by atoms with Gasteiger partial charge in [0.05, 0.1) is 9.71 Å². The van der Waals surface area contributed by atoms with Gasteiger partial charge in [-0.15, -0.1) is 11.3 Å². The van der Waals surface area contributed by atoms with Gasteiger partial charge < -0.3 is 0 Å². The lowest BCUT2D eigenvalue weighted by Gasteiger charge is -2.13. The maximum atomic E-state index is 13.8. The number of hydrogen-bond donors (Lipinski definition) is 0. The normalized spacial score (nSPS) is 12.3. The molecule has 0 saturated carbocycles. The minimum absolute atomic E-state index is 0.0114. The lowest BCUT2D eigenvalue weighted by Crippen LogP contribution is -2.09. The van der Waals surface area contributed by atoms with Crippen LogP contribution in [-0.4, -0.2) is 4.98 Å². The minimum Gasteiger partial charge on any atom is -0.238 e. The number of hydrogen-bond acceptors (Lipinski definition) is 2. The summed E-state index contributed by atoms with van der Waals surface area (Å²) in [6.07, 6.45) is 0.857. The van der Waals surface area contributed by atoms with E-state index in [1.54, 1.807) is 17.4 Å². The molecule has 2 aromatic rings. The van der Waals surface area contributed by atoms with E-state index in [2.05, 4.69) is 25.8 Å². The summed E-state index contributed by atoms with van der Waals surface area (Å²) in [7, 11) is 0. The lowest BCUT2D eigenvalue weighted by atomic mass is 9.98. The average Bonchev–Trinajstić information content (AvgIpc) is 2.61. The molecule has 0 spiro atoms. The van der Waals surface area contributed by atoms with Crippen LogP contribution in [0.3, 0.4) is 0 Å². The third-order valence-electron chi connectivity index (χ3n) is 2.56. The van der Waals surface area contributed by atoms with Crippen molar-refractivity contribution in [2.75, 3.05) is 0 Å². The highest BCUT2D eigenvalue weighted by atomic mass is 32.1. The molecule has 86 valence electrons. The van der Waals surface area contributed by atoms with Crippen LogP contribution in [0, 0.1) is 5.82 Å². The van der Waals surface area contributed by atoms with Crippen molar-refractivity contribution >= 4 is 21.6 Å². The Morgan fingerprint density at radius 1 is 1.31 bits per heavy atom. The van der Waals surface area contributed by atoms with Gasteiger partial charge in [-0.05, 0) is 24.1 Å². The van der Waals surface area contributed by atoms with Crippen molar-refractivity contribution in [1.82, 2.24) is 4.98 Å². The summed E-state index contributed by atoms with van der Waals surface area (Å²) in [5.41, 5.74) is 1.55. The van der Waals surface area contributed by atoms with Crippen LogP contribution in [0.2, 0.25) is 0 Å². The molecule has 0 unspecified atom stereocenters. The first-order chi connectivity index (χ1) is 7.41. The van der Waals surface area contributed by atoms with Gasteiger partial charge in [-0.3, -0.25) is 0 Å². The molecule has 0 amide bonds. The highest BCUT2D eigenvalue weighted by molar-refractivity contribution is 7.18. The number of nitrogens with zero attached hydrogens (tertiary/aromatic N) is 1. The Morgan fingerprint density at radius 3 is 2.56 bits per heavy atom. The van der Waals surface area contributed by atoms with Crippen LogP contribution in [0.4, 0.5) is 4.39 Å². The number of halogens is 1. The Balaban J connectivity index is 2.66. The molecule has 0 fully saturated rings. The van der Waals surface area contributed by atoms with Crippen molar-refractivity contribution in [3.8, 4) is 0 Å². The quantitative estimate of drug-likeness (QED) is 0.720. The SMILES string of the molecule is CCc1cc(F)c2nc(C(C)(C)C)sc2c1. The first-order valence-electron chi connectivity index (χ1n) is 5.51. The third-order valence-corrected chi connectivity index (χ3v) is 3.99. The van der Waals surface area contributed by atoms with Crippen LogP contribution in [-0.2, 0) is 11.8 Å². The predicted octanol–water partition coefficient (Wildman–Crippen LogP) is 4.30. The van der Waals surface area contributed by atoms with Gasteiger partial charge >= 0.3 is 0 Å². The maximum absolute atomic E-state index is 13.8. The molecule has 1 aromatic heterocycles. The van der Waals surface area contributed by atoms with Gasteiger partial charge in [-0.2, -0.15) is 0 Å². The van der Waals surface area contributed by atoms with Gasteiger partial charge in [0.15, 0.2) is 5.82 Å². The number of aryl methyl sites for hydroxylation is 1. The molecular formula is C13H16FNS. The van der Waals surface area contributed by atoms with E-state index in [0.717, 1.165) is 21.7 Å². The van der Waals surface area contributed by atoms with Gasteiger partial charge in [0.25, 0.3) is 0 Å². The topological polar surface area (TPSA) is 12.9 Å². The molecule has 1 aromatic carbocycles. The molecule has 1 nitrogen and oxygen atoms in total. The highest BCUT2D eigenvalue weighted by Crippen LogP contribution is 2.32. The van der Waals surface area contributed by atoms with E-state index < -0.39 is 0 Å². The summed E-state index contributed by atoms with van der Waals surface area (Å²) in [4.78, 5) is 4.40. The van der Waals surface area contributed by atoms with Crippen LogP contribution < -0.4 is 0 Å². The summed E-state index contributed by atoms with van der Waals surface area (Å²) >= 11 is 1.60. The molecule has 3 heteroatoms. The van der Waals surface area contributed by atoms with Crippen molar-refractivity contribution in [2.24, 2.45) is 0 Å². The zero-order valence-corrected chi connectivity index (χ0v) is 10.9. The van der Waals surface area contributed by atoms with E-state index in [1.165, 1.54) is 0 Å². The van der Waals surface area contributed by atoms with Crippen molar-refractivity contribution < 1.29 is 4.39 Å². The Morgan fingerprint density at radius 2 is 2.00 bits per heavy atom. The largest absolute Gasteiger partial charge is 0.238 e. The van der Waals surface area contributed by atoms with E-state index in [-0.39, 0.29) is 11.2 Å². The summed E-state index contributed by atoms with van der Waals surface area (Å²) in [5.74, 6) is -0.193. The number of thiazole rings is 1. The second-order valence-corrected chi connectivity index (χ2v) is 6.08. The second kappa shape index (κ2) is 3.81. The number of aromatic nitrogens is 1. The summed E-state index contributed by atoms with van der Waals surface area (Å²) < 4.78 is 14.7. The Hall–Kier alpha value is -0.960. The molecule has 2 rings (SSSR count). The van der Waals surface area contributed by atoms with E-state index in [0.29, 0.717) is 5.52 Å². The fourth-order valence-corrected chi connectivity index (χ4v) is 2.67. The van der Waals surface area contributed by atoms with Crippen LogP contribution in [0.15, 0.2) is 12.1 Å². The van der Waals surface area contributed by atoms with Crippen molar-refractivity contribution in [1.29, 1.82) is 0 Å². The van der Waals surface area contributed by atoms with Gasteiger partial charge in [0, 0.05) is 5.41 Å². The standard InChI is InChI=1S/C13H16FNS/c1-5-8-6-9(14)11-10(7-8)16-12(15-11)13(2,3)4/h6-7H,5H2,1-4H3. The monoisotopic (exact) mass is 237 g/mol. The molecule has 1 heterocycles. The number of benzene rings is 1. The third kappa shape index (κ3) is 1.96. The van der Waals surface area contributed by atoms with Crippen molar-refractivity contribution in [3.63, 3.8) is 0 Å². The Kier molecular flexibility index (Phi) is 2.74. The van der Waals surface area contributed by atoms with Crippen LogP contribution >= 0.6 is 11.3 Å². The Bertz CT molecular complexity index is 522. The summed E-state index contributed by atoms with van der Waals surface area (Å²) in [6.45, 7) is 8.34. The highest BCUT2D eigenvalue weighted by Gasteiger charge is 2.20. The molecule has 0 aliphatic rings. The molecular weight excluding hydrogens is 221 g/mol. The Labute approximate surface area is 99.3 Å². The summed E-state index contributed by atoms with van der Waals surface area (Å²) in [6, 6.07) is 3.64. The van der Waals surface area contributed by atoms with Gasteiger partial charge in [0.2, 0.25) is 0 Å². The first kappa shape index (κ1) is 11.5. The second-order valence-electron chi connectivity index (χ2n) is 5.05. The molecule has 0 atom stereocenters. The van der Waals surface area contributed by atoms with E-state index >= 15 is 0 Å². The fraction of sp³-hybridized carbons (Fsp3) is 0.462. The minimum atomic E-state index is -0.193. The molecule has 0 aliphatic carbocycles. The van der Waals surface area contributed by atoms with Crippen LogP contribution in [0.25, 0.3) is 10.2 Å². The number of rotatable bonds is 1. The fourth-order valence-electron chi connectivity index (χ4n) is 1.57. The lowest BCUT2D eigenvalue weighted by molar-refractivity contribution is 0.584. The van der Waals surface area contributed by atoms with Crippen LogP contribution in [0.5, 0.6) is 0 Å². The van der Waals surface area contributed by atoms with E-state index in [9.17, 15) is 4.39 Å². The van der Waals surface area contributed by atoms with Crippen molar-refractivity contribution in [3.05, 3.63) is 28.5 Å². The molecule has 0 aliphatic heterocycles. The molecule has 16 heavy (non-hydrogen) atoms. The summed E-state index contributed by atoms with van der Waals surface area (Å²) in [5, 5.41) is 0.995. The van der Waals surface area contributed by atoms with E-state index in [1.807, 2.05) is 13.0 Å². The van der Waals surface area contributed by atoms with Gasteiger partial charge in [-0.1, -0.05) is 27.7 Å².